The molecule has 0 aliphatic carbocycles. The highest BCUT2D eigenvalue weighted by atomic mass is 19.4. The van der Waals surface area contributed by atoms with Gasteiger partial charge in [0.1, 0.15) is 12.2 Å². The van der Waals surface area contributed by atoms with Crippen molar-refractivity contribution in [2.45, 2.75) is 18.8 Å². The van der Waals surface area contributed by atoms with Gasteiger partial charge in [-0.1, -0.05) is 12.1 Å². The van der Waals surface area contributed by atoms with E-state index in [0.29, 0.717) is 17.9 Å². The number of hydrogen-bond acceptors (Lipinski definition) is 4. The molecule has 1 aromatic carbocycles. The molecule has 0 spiro atoms. The topological polar surface area (TPSA) is 71.4 Å². The summed E-state index contributed by atoms with van der Waals surface area (Å²) >= 11 is 0. The van der Waals surface area contributed by atoms with Gasteiger partial charge in [-0.3, -0.25) is 15.1 Å². The molecule has 0 fully saturated rings. The van der Waals surface area contributed by atoms with Gasteiger partial charge in [0.05, 0.1) is 17.3 Å². The largest absolute Gasteiger partial charge is 0.416 e. The van der Waals surface area contributed by atoms with Gasteiger partial charge in [0, 0.05) is 19.8 Å². The summed E-state index contributed by atoms with van der Waals surface area (Å²) in [6.45, 7) is 0.415. The average molecular weight is 336 g/mol. The predicted octanol–water partition coefficient (Wildman–Crippen LogP) is 2.44. The van der Waals surface area contributed by atoms with E-state index in [4.69, 9.17) is 0 Å². The molecule has 0 unspecified atom stereocenters. The number of benzene rings is 1. The molecule has 3 aromatic rings. The zero-order valence-corrected chi connectivity index (χ0v) is 12.7. The molecule has 9 heteroatoms. The zero-order valence-electron chi connectivity index (χ0n) is 12.7. The Kier molecular flexibility index (Phi) is 4.34. The Hall–Kier alpha value is -2.68. The Morgan fingerprint density at radius 2 is 2.12 bits per heavy atom. The number of nitrogens with zero attached hydrogens (tertiary/aromatic N) is 4. The molecule has 0 saturated carbocycles. The summed E-state index contributed by atoms with van der Waals surface area (Å²) in [6, 6.07) is 6.44. The average Bonchev–Trinajstić information content (AvgIpc) is 3.20. The third-order valence-corrected chi connectivity index (χ3v) is 3.66. The molecular formula is C15H15F3N6. The molecule has 0 aliphatic rings. The molecule has 2 N–H and O–H groups in total. The van der Waals surface area contributed by atoms with Crippen LogP contribution in [0, 0.1) is 0 Å². The van der Waals surface area contributed by atoms with Gasteiger partial charge in [-0.25, -0.2) is 4.98 Å². The van der Waals surface area contributed by atoms with Crippen LogP contribution in [0.15, 0.2) is 42.9 Å². The second kappa shape index (κ2) is 6.44. The van der Waals surface area contributed by atoms with E-state index >= 15 is 0 Å². The monoisotopic (exact) mass is 336 g/mol. The SMILES string of the molecule is Cn1nccc1CN[C@H](c1cccc(C(F)(F)F)c1)c1ncn[nH]1. The zero-order chi connectivity index (χ0) is 17.2. The Morgan fingerprint density at radius 3 is 2.75 bits per heavy atom. The van der Waals surface area contributed by atoms with Gasteiger partial charge >= 0.3 is 6.18 Å². The van der Waals surface area contributed by atoms with Crippen LogP contribution in [-0.2, 0) is 19.8 Å². The van der Waals surface area contributed by atoms with Gasteiger partial charge in [-0.2, -0.15) is 23.4 Å². The van der Waals surface area contributed by atoms with E-state index in [0.717, 1.165) is 17.8 Å². The predicted molar refractivity (Wildman–Crippen MR) is 79.7 cm³/mol. The molecule has 126 valence electrons. The van der Waals surface area contributed by atoms with Crippen molar-refractivity contribution in [3.05, 3.63) is 65.5 Å². The van der Waals surface area contributed by atoms with Crippen molar-refractivity contribution >= 4 is 0 Å². The van der Waals surface area contributed by atoms with E-state index in [1.54, 1.807) is 24.0 Å². The summed E-state index contributed by atoms with van der Waals surface area (Å²) < 4.78 is 40.6. The molecule has 6 nitrogen and oxygen atoms in total. The second-order valence-electron chi connectivity index (χ2n) is 5.25. The van der Waals surface area contributed by atoms with Crippen molar-refractivity contribution < 1.29 is 13.2 Å². The minimum Gasteiger partial charge on any atom is -0.298 e. The molecule has 24 heavy (non-hydrogen) atoms. The van der Waals surface area contributed by atoms with E-state index in [-0.39, 0.29) is 0 Å². The fourth-order valence-electron chi connectivity index (χ4n) is 2.40. The number of nitrogens with one attached hydrogen (secondary N) is 2. The van der Waals surface area contributed by atoms with Crippen LogP contribution in [0.25, 0.3) is 0 Å². The lowest BCUT2D eigenvalue weighted by molar-refractivity contribution is -0.137. The molecule has 0 amide bonds. The second-order valence-corrected chi connectivity index (χ2v) is 5.25. The van der Waals surface area contributed by atoms with E-state index in [2.05, 4.69) is 25.6 Å². The Labute approximate surface area is 135 Å². The maximum absolute atomic E-state index is 13.0. The normalized spacial score (nSPS) is 13.2. The first-order valence-corrected chi connectivity index (χ1v) is 7.18. The quantitative estimate of drug-likeness (QED) is 0.751. The lowest BCUT2D eigenvalue weighted by Crippen LogP contribution is -2.24. The Morgan fingerprint density at radius 1 is 1.29 bits per heavy atom. The number of aromatic amines is 1. The number of halogens is 3. The van der Waals surface area contributed by atoms with E-state index < -0.39 is 17.8 Å². The molecule has 0 saturated heterocycles. The first-order valence-electron chi connectivity index (χ1n) is 7.18. The first kappa shape index (κ1) is 16.2. The number of hydrogen-bond donors (Lipinski definition) is 2. The highest BCUT2D eigenvalue weighted by Gasteiger charge is 2.31. The molecule has 0 radical (unpaired) electrons. The summed E-state index contributed by atoms with van der Waals surface area (Å²) in [5, 5.41) is 13.8. The van der Waals surface area contributed by atoms with Crippen molar-refractivity contribution in [2.24, 2.45) is 7.05 Å². The molecule has 2 aromatic heterocycles. The molecular weight excluding hydrogens is 321 g/mol. The van der Waals surface area contributed by atoms with Crippen LogP contribution in [0.5, 0.6) is 0 Å². The molecule has 2 heterocycles. The van der Waals surface area contributed by atoms with E-state index in [1.165, 1.54) is 12.4 Å². The third kappa shape index (κ3) is 3.46. The molecule has 1 atom stereocenters. The van der Waals surface area contributed by atoms with Crippen LogP contribution in [0.1, 0.15) is 28.7 Å². The fraction of sp³-hybridized carbons (Fsp3) is 0.267. The van der Waals surface area contributed by atoms with Crippen LogP contribution in [0.4, 0.5) is 13.2 Å². The van der Waals surface area contributed by atoms with Crippen LogP contribution in [0.3, 0.4) is 0 Å². The van der Waals surface area contributed by atoms with Crippen LogP contribution in [0.2, 0.25) is 0 Å². The first-order chi connectivity index (χ1) is 11.4. The Balaban J connectivity index is 1.90. The minimum atomic E-state index is -4.40. The van der Waals surface area contributed by atoms with Crippen molar-refractivity contribution in [3.63, 3.8) is 0 Å². The third-order valence-electron chi connectivity index (χ3n) is 3.66. The van der Waals surface area contributed by atoms with E-state index in [9.17, 15) is 13.2 Å². The van der Waals surface area contributed by atoms with Crippen molar-refractivity contribution in [3.8, 4) is 0 Å². The lowest BCUT2D eigenvalue weighted by atomic mass is 10.0. The highest BCUT2D eigenvalue weighted by molar-refractivity contribution is 5.31. The van der Waals surface area contributed by atoms with Gasteiger partial charge < -0.3 is 0 Å². The molecule has 0 bridgehead atoms. The summed E-state index contributed by atoms with van der Waals surface area (Å²) in [5.74, 6) is 0.441. The number of aromatic nitrogens is 5. The highest BCUT2D eigenvalue weighted by Crippen LogP contribution is 2.31. The van der Waals surface area contributed by atoms with E-state index in [1.807, 2.05) is 6.07 Å². The number of aryl methyl sites for hydroxylation is 1. The summed E-state index contributed by atoms with van der Waals surface area (Å²) in [4.78, 5) is 4.07. The summed E-state index contributed by atoms with van der Waals surface area (Å²) in [5.41, 5.74) is 0.641. The van der Waals surface area contributed by atoms with Gasteiger partial charge in [0.2, 0.25) is 0 Å². The maximum Gasteiger partial charge on any atom is 0.416 e. The summed E-state index contributed by atoms with van der Waals surface area (Å²) in [7, 11) is 1.80. The van der Waals surface area contributed by atoms with Crippen LogP contribution >= 0.6 is 0 Å². The number of H-pyrrole nitrogens is 1. The van der Waals surface area contributed by atoms with Crippen molar-refractivity contribution in [2.75, 3.05) is 0 Å². The van der Waals surface area contributed by atoms with Gasteiger partial charge in [-0.05, 0) is 23.8 Å². The van der Waals surface area contributed by atoms with Crippen molar-refractivity contribution in [1.82, 2.24) is 30.3 Å². The van der Waals surface area contributed by atoms with Crippen LogP contribution in [-0.4, -0.2) is 25.0 Å². The van der Waals surface area contributed by atoms with Gasteiger partial charge in [0.25, 0.3) is 0 Å². The molecule has 0 aliphatic heterocycles. The Bertz CT molecular complexity index is 794. The number of alkyl halides is 3. The minimum absolute atomic E-state index is 0.415. The smallest absolute Gasteiger partial charge is 0.298 e. The number of rotatable bonds is 5. The standard InChI is InChI=1S/C15H15F3N6/c1-24-12(5-6-22-24)8-19-13(14-20-9-21-23-14)10-3-2-4-11(7-10)15(16,17)18/h2-7,9,13,19H,8H2,1H3,(H,20,21,23)/t13-/m1/s1. The summed E-state index contributed by atoms with van der Waals surface area (Å²) in [6.07, 6.45) is -1.42. The molecule has 3 rings (SSSR count). The lowest BCUT2D eigenvalue weighted by Gasteiger charge is -2.18. The van der Waals surface area contributed by atoms with Crippen molar-refractivity contribution in [1.29, 1.82) is 0 Å². The maximum atomic E-state index is 13.0. The fourth-order valence-corrected chi connectivity index (χ4v) is 2.40. The van der Waals surface area contributed by atoms with Crippen LogP contribution < -0.4 is 5.32 Å². The van der Waals surface area contributed by atoms with Gasteiger partial charge in [-0.15, -0.1) is 0 Å². The van der Waals surface area contributed by atoms with Gasteiger partial charge in [0.15, 0.2) is 0 Å².